The summed E-state index contributed by atoms with van der Waals surface area (Å²) in [5, 5.41) is 2.30. The molecule has 6 rings (SSSR count). The van der Waals surface area contributed by atoms with Crippen molar-refractivity contribution >= 4 is 57.6 Å². The number of likely N-dealkylation sites (N-methyl/N-ethyl adjacent to an activating group) is 1. The Labute approximate surface area is 280 Å². The van der Waals surface area contributed by atoms with Gasteiger partial charge in [0.05, 0.1) is 12.5 Å². The Hall–Kier alpha value is -2.81. The summed E-state index contributed by atoms with van der Waals surface area (Å²) in [5.74, 6) is 0.109. The number of Topliss-reactive ketones (excluding diaryl/α,β-unsaturated/α-hetero) is 1. The Kier molecular flexibility index (Phi) is 9.65. The molecule has 2 fully saturated rings. The Bertz CT molecular complexity index is 1680. The maximum atomic E-state index is 14.8. The summed E-state index contributed by atoms with van der Waals surface area (Å²) in [6.45, 7) is 7.45. The normalized spacial score (nSPS) is 21.2. The van der Waals surface area contributed by atoms with Crippen molar-refractivity contribution in [2.45, 2.75) is 48.4 Å². The lowest BCUT2D eigenvalue weighted by molar-refractivity contribution is -0.129. The molecule has 0 saturated carbocycles. The highest BCUT2D eigenvalue weighted by Gasteiger charge is 2.57. The first-order valence-electron chi connectivity index (χ1n) is 15.6. The number of benzene rings is 3. The largest absolute Gasteiger partial charge is 0.350 e. The second-order valence-electron chi connectivity index (χ2n) is 12.6. The van der Waals surface area contributed by atoms with Gasteiger partial charge in [-0.2, -0.15) is 0 Å². The minimum absolute atomic E-state index is 0.0204. The quantitative estimate of drug-likeness (QED) is 0.177. The Morgan fingerprint density at radius 3 is 2.33 bits per heavy atom. The van der Waals surface area contributed by atoms with E-state index in [9.17, 15) is 9.59 Å². The van der Waals surface area contributed by atoms with Crippen LogP contribution in [0, 0.1) is 6.92 Å². The van der Waals surface area contributed by atoms with Crippen LogP contribution >= 0.6 is 35.0 Å². The van der Waals surface area contributed by atoms with Crippen LogP contribution in [0.3, 0.4) is 0 Å². The number of hydrogen-bond donors (Lipinski definition) is 0. The number of thioether (sulfide) groups is 1. The molecule has 4 aromatic rings. The van der Waals surface area contributed by atoms with E-state index in [0.717, 1.165) is 71.6 Å². The highest BCUT2D eigenvalue weighted by atomic mass is 35.5. The van der Waals surface area contributed by atoms with Crippen LogP contribution in [0.5, 0.6) is 0 Å². The van der Waals surface area contributed by atoms with Crippen molar-refractivity contribution < 1.29 is 9.59 Å². The van der Waals surface area contributed by atoms with Crippen molar-refractivity contribution in [3.05, 3.63) is 99.7 Å². The third kappa shape index (κ3) is 6.84. The number of likely N-dealkylation sites (tertiary alicyclic amines) is 1. The Morgan fingerprint density at radius 2 is 1.62 bits per heavy atom. The zero-order chi connectivity index (χ0) is 31.7. The summed E-state index contributed by atoms with van der Waals surface area (Å²) in [4.78, 5) is 36.8. The number of hydrogen-bond acceptors (Lipinski definition) is 5. The smallest absolute Gasteiger partial charge is 0.225 e. The third-order valence-electron chi connectivity index (χ3n) is 9.30. The zero-order valence-electron chi connectivity index (χ0n) is 26.1. The lowest BCUT2D eigenvalue weighted by atomic mass is 9.86. The number of aromatic nitrogens is 1. The standard InChI is InChI=1S/C36H40Cl2N4O2S/c1-25-6-13-29(14-7-25)45-36(33(43)5-4-16-41-19-17-39(2)18-20-41)22-34(44)42(23-26-8-10-27(37)11-9-26)35(36)31-24-40(3)32-21-28(38)12-15-30(31)32/h6-15,21,24,35H,4-5,16-20,22-23H2,1-3H3. The highest BCUT2D eigenvalue weighted by molar-refractivity contribution is 8.01. The number of rotatable bonds is 10. The monoisotopic (exact) mass is 662 g/mol. The SMILES string of the molecule is Cc1ccc(SC2(C(=O)CCCN3CCN(C)CC3)CC(=O)N(Cc3ccc(Cl)cc3)C2c2cn(C)c3cc(Cl)ccc23)cc1. The fourth-order valence-corrected chi connectivity index (χ4v) is 8.54. The zero-order valence-corrected chi connectivity index (χ0v) is 28.5. The highest BCUT2D eigenvalue weighted by Crippen LogP contribution is 2.55. The summed E-state index contributed by atoms with van der Waals surface area (Å²) < 4.78 is 1.05. The molecule has 3 heterocycles. The molecule has 2 aliphatic heterocycles. The number of carbonyl (C=O) groups is 2. The molecule has 0 spiro atoms. The van der Waals surface area contributed by atoms with Crippen LogP contribution in [0.25, 0.3) is 10.9 Å². The van der Waals surface area contributed by atoms with Crippen LogP contribution in [0.4, 0.5) is 0 Å². The van der Waals surface area contributed by atoms with E-state index in [1.54, 1.807) is 11.8 Å². The molecule has 0 radical (unpaired) electrons. The van der Waals surface area contributed by atoms with Gasteiger partial charge < -0.3 is 19.3 Å². The van der Waals surface area contributed by atoms with Crippen LogP contribution in [0.2, 0.25) is 10.0 Å². The molecule has 236 valence electrons. The van der Waals surface area contributed by atoms with Gasteiger partial charge in [0.1, 0.15) is 4.75 Å². The maximum Gasteiger partial charge on any atom is 0.225 e. The van der Waals surface area contributed by atoms with Crippen molar-refractivity contribution in [3.8, 4) is 0 Å². The van der Waals surface area contributed by atoms with E-state index in [4.69, 9.17) is 23.2 Å². The molecule has 0 aliphatic carbocycles. The van der Waals surface area contributed by atoms with Crippen LogP contribution in [0.1, 0.15) is 42.0 Å². The molecule has 0 N–H and O–H groups in total. The minimum Gasteiger partial charge on any atom is -0.350 e. The predicted octanol–water partition coefficient (Wildman–Crippen LogP) is 7.39. The van der Waals surface area contributed by atoms with Gasteiger partial charge in [-0.15, -0.1) is 11.8 Å². The number of halogens is 2. The summed E-state index contributed by atoms with van der Waals surface area (Å²) in [5.41, 5.74) is 4.07. The summed E-state index contributed by atoms with van der Waals surface area (Å²) in [6.07, 6.45) is 3.41. The predicted molar refractivity (Wildman–Crippen MR) is 185 cm³/mol. The average Bonchev–Trinajstić information content (AvgIpc) is 3.48. The molecular formula is C36H40Cl2N4O2S. The Morgan fingerprint density at radius 1 is 0.933 bits per heavy atom. The van der Waals surface area contributed by atoms with Gasteiger partial charge in [-0.1, -0.05) is 59.1 Å². The lowest BCUT2D eigenvalue weighted by Gasteiger charge is -2.37. The van der Waals surface area contributed by atoms with E-state index in [1.807, 2.05) is 54.4 Å². The first-order chi connectivity index (χ1) is 21.6. The van der Waals surface area contributed by atoms with Gasteiger partial charge >= 0.3 is 0 Å². The van der Waals surface area contributed by atoms with Crippen molar-refractivity contribution in [1.82, 2.24) is 19.3 Å². The first-order valence-corrected chi connectivity index (χ1v) is 17.2. The van der Waals surface area contributed by atoms with Gasteiger partial charge in [-0.05, 0) is 68.9 Å². The summed E-state index contributed by atoms with van der Waals surface area (Å²) >= 11 is 14.2. The molecule has 1 amide bonds. The van der Waals surface area contributed by atoms with Crippen molar-refractivity contribution in [3.63, 3.8) is 0 Å². The van der Waals surface area contributed by atoms with Crippen LogP contribution in [0.15, 0.2) is 77.8 Å². The van der Waals surface area contributed by atoms with Gasteiger partial charge in [0, 0.05) is 83.8 Å². The van der Waals surface area contributed by atoms with Crippen LogP contribution in [-0.4, -0.2) is 75.5 Å². The molecule has 2 aliphatic rings. The molecule has 2 saturated heterocycles. The average molecular weight is 664 g/mol. The topological polar surface area (TPSA) is 48.8 Å². The van der Waals surface area contributed by atoms with Crippen LogP contribution in [-0.2, 0) is 23.2 Å². The number of piperazine rings is 1. The van der Waals surface area contributed by atoms with Crippen molar-refractivity contribution in [1.29, 1.82) is 0 Å². The summed E-state index contributed by atoms with van der Waals surface area (Å²) in [7, 11) is 4.15. The van der Waals surface area contributed by atoms with Crippen molar-refractivity contribution in [2.24, 2.45) is 7.05 Å². The second-order valence-corrected chi connectivity index (χ2v) is 14.8. The van der Waals surface area contributed by atoms with E-state index in [1.165, 1.54) is 0 Å². The van der Waals surface area contributed by atoms with Gasteiger partial charge in [-0.25, -0.2) is 0 Å². The van der Waals surface area contributed by atoms with E-state index in [0.29, 0.717) is 23.0 Å². The van der Waals surface area contributed by atoms with Crippen LogP contribution < -0.4 is 0 Å². The Balaban J connectivity index is 1.43. The minimum atomic E-state index is -1.01. The molecule has 9 heteroatoms. The number of fused-ring (bicyclic) bond motifs is 1. The van der Waals surface area contributed by atoms with Gasteiger partial charge in [0.25, 0.3) is 0 Å². The number of ketones is 1. The van der Waals surface area contributed by atoms with E-state index >= 15 is 0 Å². The molecule has 2 atom stereocenters. The lowest BCUT2D eigenvalue weighted by Crippen LogP contribution is -2.45. The number of carbonyl (C=O) groups excluding carboxylic acids is 2. The fourth-order valence-electron chi connectivity index (χ4n) is 6.77. The second kappa shape index (κ2) is 13.5. The molecule has 0 bridgehead atoms. The van der Waals surface area contributed by atoms with E-state index < -0.39 is 10.8 Å². The van der Waals surface area contributed by atoms with Gasteiger partial charge in [0.2, 0.25) is 5.91 Å². The molecule has 1 aromatic heterocycles. The fraction of sp³-hybridized carbons (Fsp3) is 0.389. The molecule has 2 unspecified atom stereocenters. The van der Waals surface area contributed by atoms with E-state index in [-0.39, 0.29) is 18.1 Å². The van der Waals surface area contributed by atoms with Gasteiger partial charge in [-0.3, -0.25) is 9.59 Å². The molecule has 45 heavy (non-hydrogen) atoms. The van der Waals surface area contributed by atoms with E-state index in [2.05, 4.69) is 58.8 Å². The number of aryl methyl sites for hydroxylation is 2. The maximum absolute atomic E-state index is 14.8. The summed E-state index contributed by atoms with van der Waals surface area (Å²) in [6, 6.07) is 21.3. The molecular weight excluding hydrogens is 623 g/mol. The molecule has 6 nitrogen and oxygen atoms in total. The third-order valence-corrected chi connectivity index (χ3v) is 11.3. The number of nitrogens with zero attached hydrogens (tertiary/aromatic N) is 4. The molecule has 3 aromatic carbocycles. The van der Waals surface area contributed by atoms with Crippen molar-refractivity contribution in [2.75, 3.05) is 39.8 Å². The van der Waals surface area contributed by atoms with Gasteiger partial charge in [0.15, 0.2) is 5.78 Å². The number of amides is 1. The first kappa shape index (κ1) is 32.1.